The lowest BCUT2D eigenvalue weighted by Gasteiger charge is -2.17. The maximum atomic E-state index is 12.0. The number of hydrogen-bond donors (Lipinski definition) is 2. The second-order valence-electron chi connectivity index (χ2n) is 7.76. The number of amides is 1. The fourth-order valence-electron chi connectivity index (χ4n) is 3.69. The first kappa shape index (κ1) is 19.1. The quantitative estimate of drug-likeness (QED) is 0.615. The summed E-state index contributed by atoms with van der Waals surface area (Å²) < 4.78 is 2.33. The van der Waals surface area contributed by atoms with Crippen LogP contribution in [0.4, 0.5) is 5.82 Å². The maximum Gasteiger partial charge on any atom is 0.251 e. The Kier molecular flexibility index (Phi) is 4.92. The van der Waals surface area contributed by atoms with Gasteiger partial charge >= 0.3 is 0 Å². The smallest absolute Gasteiger partial charge is 0.251 e. The van der Waals surface area contributed by atoms with Crippen LogP contribution in [0.2, 0.25) is 0 Å². The summed E-state index contributed by atoms with van der Waals surface area (Å²) in [4.78, 5) is 22.4. The van der Waals surface area contributed by atoms with E-state index in [1.165, 1.54) is 17.7 Å². The van der Waals surface area contributed by atoms with E-state index in [1.807, 2.05) is 18.2 Å². The average Bonchev–Trinajstić information content (AvgIpc) is 3.60. The molecule has 1 fully saturated rings. The second-order valence-corrected chi connectivity index (χ2v) is 8.99. The molecule has 30 heavy (non-hydrogen) atoms. The van der Waals surface area contributed by atoms with E-state index >= 15 is 0 Å². The van der Waals surface area contributed by atoms with Crippen molar-refractivity contribution in [1.82, 2.24) is 19.6 Å². The van der Waals surface area contributed by atoms with Crippen molar-refractivity contribution in [1.29, 1.82) is 0 Å². The lowest BCUT2D eigenvalue weighted by atomic mass is 9.96. The molecule has 1 amide bonds. The highest BCUT2D eigenvalue weighted by atomic mass is 32.2. The number of nitrogens with one attached hydrogen (secondary N) is 1. The van der Waals surface area contributed by atoms with Crippen molar-refractivity contribution in [3.05, 3.63) is 59.8 Å². The van der Waals surface area contributed by atoms with E-state index in [-0.39, 0.29) is 5.91 Å². The molecule has 2 aromatic carbocycles. The van der Waals surface area contributed by atoms with Crippen LogP contribution in [0.15, 0.2) is 53.6 Å². The Morgan fingerprint density at radius 1 is 1.13 bits per heavy atom. The largest absolute Gasteiger partial charge is 0.382 e. The Morgan fingerprint density at radius 3 is 2.67 bits per heavy atom. The highest BCUT2D eigenvalue weighted by Crippen LogP contribution is 2.35. The molecule has 6 nitrogen and oxygen atoms in total. The molecule has 0 unspecified atom stereocenters. The van der Waals surface area contributed by atoms with E-state index in [9.17, 15) is 4.79 Å². The first-order valence-electron chi connectivity index (χ1n) is 10.1. The lowest BCUT2D eigenvalue weighted by molar-refractivity contribution is 0.0946. The van der Waals surface area contributed by atoms with Crippen molar-refractivity contribution in [3.8, 4) is 22.5 Å². The number of rotatable bonds is 5. The summed E-state index contributed by atoms with van der Waals surface area (Å²) in [6.45, 7) is 0.650. The molecule has 1 aliphatic carbocycles. The molecule has 0 saturated heterocycles. The van der Waals surface area contributed by atoms with Crippen LogP contribution in [-0.4, -0.2) is 39.8 Å². The van der Waals surface area contributed by atoms with Gasteiger partial charge in [0.2, 0.25) is 0 Å². The molecule has 0 atom stereocenters. The maximum absolute atomic E-state index is 12.0. The summed E-state index contributed by atoms with van der Waals surface area (Å²) in [6, 6.07) is 14.8. The SMILES string of the molecule is CN(Sc1ccc(-c2cnc(N)c(-c3ccc4c(c3)CCNC4=O)n2)cc1)C1CC1. The van der Waals surface area contributed by atoms with Crippen LogP contribution in [0.1, 0.15) is 28.8 Å². The van der Waals surface area contributed by atoms with Crippen molar-refractivity contribution >= 4 is 23.7 Å². The number of nitrogen functional groups attached to an aromatic ring is 1. The van der Waals surface area contributed by atoms with Crippen molar-refractivity contribution in [2.24, 2.45) is 0 Å². The molecule has 7 heteroatoms. The number of fused-ring (bicyclic) bond motifs is 1. The first-order valence-corrected chi connectivity index (χ1v) is 10.9. The number of aromatic nitrogens is 2. The summed E-state index contributed by atoms with van der Waals surface area (Å²) in [5, 5.41) is 2.87. The molecular weight excluding hydrogens is 394 g/mol. The van der Waals surface area contributed by atoms with E-state index in [2.05, 4.69) is 45.9 Å². The number of nitrogens with two attached hydrogens (primary N) is 1. The van der Waals surface area contributed by atoms with Crippen LogP contribution in [0, 0.1) is 0 Å². The third kappa shape index (κ3) is 3.78. The van der Waals surface area contributed by atoms with Gasteiger partial charge < -0.3 is 11.1 Å². The molecule has 3 aromatic rings. The van der Waals surface area contributed by atoms with Gasteiger partial charge in [-0.1, -0.05) is 18.2 Å². The minimum atomic E-state index is -0.0269. The molecule has 0 bridgehead atoms. The monoisotopic (exact) mass is 417 g/mol. The summed E-state index contributed by atoms with van der Waals surface area (Å²) >= 11 is 1.78. The zero-order chi connectivity index (χ0) is 20.7. The van der Waals surface area contributed by atoms with E-state index in [0.717, 1.165) is 34.4 Å². The van der Waals surface area contributed by atoms with E-state index in [1.54, 1.807) is 18.1 Å². The molecule has 0 spiro atoms. The summed E-state index contributed by atoms with van der Waals surface area (Å²) in [7, 11) is 2.15. The second kappa shape index (κ2) is 7.74. The number of benzene rings is 2. The normalized spacial score (nSPS) is 15.7. The molecule has 0 radical (unpaired) electrons. The molecule has 1 saturated carbocycles. The zero-order valence-corrected chi connectivity index (χ0v) is 17.6. The lowest BCUT2D eigenvalue weighted by Crippen LogP contribution is -2.31. The molecule has 2 aliphatic rings. The molecule has 152 valence electrons. The molecule has 1 aliphatic heterocycles. The highest BCUT2D eigenvalue weighted by Gasteiger charge is 2.26. The summed E-state index contributed by atoms with van der Waals surface area (Å²) in [5.41, 5.74) is 11.2. The predicted octanol–water partition coefficient (Wildman–Crippen LogP) is 3.78. The third-order valence-corrected chi connectivity index (χ3v) is 6.63. The minimum absolute atomic E-state index is 0.0269. The van der Waals surface area contributed by atoms with Crippen LogP contribution in [0.3, 0.4) is 0 Å². The number of anilines is 1. The molecule has 2 heterocycles. The van der Waals surface area contributed by atoms with Gasteiger partial charge in [0.25, 0.3) is 5.91 Å². The Bertz CT molecular complexity index is 1110. The van der Waals surface area contributed by atoms with E-state index in [0.29, 0.717) is 24.1 Å². The number of nitrogens with zero attached hydrogens (tertiary/aromatic N) is 3. The van der Waals surface area contributed by atoms with Crippen molar-refractivity contribution in [2.45, 2.75) is 30.2 Å². The summed E-state index contributed by atoms with van der Waals surface area (Å²) in [5.74, 6) is 0.359. The Morgan fingerprint density at radius 2 is 1.90 bits per heavy atom. The van der Waals surface area contributed by atoms with Gasteiger partial charge in [-0.15, -0.1) is 0 Å². The Hall–Kier alpha value is -2.90. The summed E-state index contributed by atoms with van der Waals surface area (Å²) in [6.07, 6.45) is 5.09. The fraction of sp³-hybridized carbons (Fsp3) is 0.261. The van der Waals surface area contributed by atoms with Gasteiger partial charge in [0.1, 0.15) is 11.5 Å². The van der Waals surface area contributed by atoms with Crippen LogP contribution >= 0.6 is 11.9 Å². The Labute approximate surface area is 180 Å². The average molecular weight is 418 g/mol. The van der Waals surface area contributed by atoms with Crippen LogP contribution < -0.4 is 11.1 Å². The van der Waals surface area contributed by atoms with Gasteiger partial charge in [-0.05, 0) is 68.1 Å². The van der Waals surface area contributed by atoms with Crippen molar-refractivity contribution in [2.75, 3.05) is 19.3 Å². The minimum Gasteiger partial charge on any atom is -0.382 e. The van der Waals surface area contributed by atoms with Gasteiger partial charge in [0.15, 0.2) is 0 Å². The number of hydrogen-bond acceptors (Lipinski definition) is 6. The van der Waals surface area contributed by atoms with Crippen molar-refractivity contribution < 1.29 is 4.79 Å². The van der Waals surface area contributed by atoms with E-state index in [4.69, 9.17) is 10.7 Å². The highest BCUT2D eigenvalue weighted by molar-refractivity contribution is 7.97. The van der Waals surface area contributed by atoms with Crippen molar-refractivity contribution in [3.63, 3.8) is 0 Å². The van der Waals surface area contributed by atoms with Crippen LogP contribution in [0.25, 0.3) is 22.5 Å². The fourth-order valence-corrected chi connectivity index (χ4v) is 4.64. The Balaban J connectivity index is 1.43. The molecule has 1 aromatic heterocycles. The molecule has 3 N–H and O–H groups in total. The predicted molar refractivity (Wildman–Crippen MR) is 120 cm³/mol. The van der Waals surface area contributed by atoms with Crippen LogP contribution in [-0.2, 0) is 6.42 Å². The topological polar surface area (TPSA) is 84.1 Å². The van der Waals surface area contributed by atoms with Crippen LogP contribution in [0.5, 0.6) is 0 Å². The van der Waals surface area contributed by atoms with Gasteiger partial charge in [0, 0.05) is 34.2 Å². The third-order valence-electron chi connectivity index (χ3n) is 5.56. The van der Waals surface area contributed by atoms with E-state index < -0.39 is 0 Å². The van der Waals surface area contributed by atoms with Gasteiger partial charge in [-0.3, -0.25) is 4.79 Å². The molecule has 5 rings (SSSR count). The number of carbonyl (C=O) groups is 1. The van der Waals surface area contributed by atoms with Gasteiger partial charge in [0.05, 0.1) is 11.9 Å². The van der Waals surface area contributed by atoms with Gasteiger partial charge in [-0.25, -0.2) is 14.3 Å². The first-order chi connectivity index (χ1) is 14.6. The standard InChI is InChI=1S/C23H23N5OS/c1-28(17-5-6-17)30-18-7-2-14(3-8-18)20-13-26-22(24)21(27-20)16-4-9-19-15(12-16)10-11-25-23(19)29/h2-4,7-9,12-13,17H,5-6,10-11H2,1H3,(H2,24,26)(H,25,29). The van der Waals surface area contributed by atoms with Gasteiger partial charge in [-0.2, -0.15) is 0 Å². The zero-order valence-electron chi connectivity index (χ0n) is 16.8. The number of carbonyl (C=O) groups excluding carboxylic acids is 1. The molecular formula is C23H23N5OS.